The fourth-order valence-corrected chi connectivity index (χ4v) is 3.11. The van der Waals surface area contributed by atoms with Crippen molar-refractivity contribution in [1.82, 2.24) is 4.57 Å². The normalized spacial score (nSPS) is 11.2. The zero-order valence-electron chi connectivity index (χ0n) is 15.5. The van der Waals surface area contributed by atoms with Crippen LogP contribution >= 0.6 is 0 Å². The summed E-state index contributed by atoms with van der Waals surface area (Å²) < 4.78 is 6.31. The molecule has 0 unspecified atom stereocenters. The molecule has 0 aliphatic carbocycles. The van der Waals surface area contributed by atoms with Gasteiger partial charge >= 0.3 is 0 Å². The summed E-state index contributed by atoms with van der Waals surface area (Å²) in [5, 5.41) is 30.2. The molecule has 0 saturated heterocycles. The molecule has 0 saturated carbocycles. The van der Waals surface area contributed by atoms with Crippen molar-refractivity contribution in [2.75, 3.05) is 0 Å². The third-order valence-electron chi connectivity index (χ3n) is 4.66. The minimum absolute atomic E-state index is 0.000866. The first-order chi connectivity index (χ1) is 14.1. The van der Waals surface area contributed by atoms with Gasteiger partial charge in [0.2, 0.25) is 5.88 Å². The molecule has 142 valence electrons. The number of nitriles is 1. The summed E-state index contributed by atoms with van der Waals surface area (Å²) in [6.45, 7) is 1.54. The van der Waals surface area contributed by atoms with Crippen molar-refractivity contribution in [3.05, 3.63) is 88.1 Å². The van der Waals surface area contributed by atoms with Gasteiger partial charge in [-0.2, -0.15) is 10.4 Å². The van der Waals surface area contributed by atoms with Crippen LogP contribution in [0.15, 0.2) is 80.3 Å². The smallest absolute Gasteiger partial charge is 0.281 e. The minimum atomic E-state index is -0.556. The molecule has 7 nitrogen and oxygen atoms in total. The van der Waals surface area contributed by atoms with Gasteiger partial charge in [0.05, 0.1) is 18.5 Å². The molecule has 0 aliphatic rings. The number of azo groups is 1. The van der Waals surface area contributed by atoms with Gasteiger partial charge in [0.15, 0.2) is 5.69 Å². The monoisotopic (exact) mass is 384 g/mol. The molecule has 0 radical (unpaired) electrons. The van der Waals surface area contributed by atoms with Crippen molar-refractivity contribution < 1.29 is 9.52 Å². The van der Waals surface area contributed by atoms with E-state index in [-0.39, 0.29) is 23.4 Å². The topological polar surface area (TPSA) is 104 Å². The summed E-state index contributed by atoms with van der Waals surface area (Å²) in [7, 11) is 0. The molecular weight excluding hydrogens is 368 g/mol. The number of fused-ring (bicyclic) bond motifs is 1. The zero-order chi connectivity index (χ0) is 20.4. The van der Waals surface area contributed by atoms with Crippen LogP contribution in [-0.2, 0) is 6.54 Å². The highest BCUT2D eigenvalue weighted by atomic mass is 16.3. The Labute approximate surface area is 165 Å². The third-order valence-corrected chi connectivity index (χ3v) is 4.66. The maximum absolute atomic E-state index is 12.9. The van der Waals surface area contributed by atoms with E-state index in [0.717, 1.165) is 15.3 Å². The van der Waals surface area contributed by atoms with Crippen LogP contribution in [0.4, 0.5) is 11.4 Å². The Morgan fingerprint density at radius 1 is 1.10 bits per heavy atom. The second kappa shape index (κ2) is 7.44. The van der Waals surface area contributed by atoms with E-state index >= 15 is 0 Å². The molecule has 0 aliphatic heterocycles. The fraction of sp³-hybridized carbons (Fsp3) is 0.0909. The van der Waals surface area contributed by atoms with Crippen LogP contribution in [-0.4, -0.2) is 9.67 Å². The van der Waals surface area contributed by atoms with Crippen LogP contribution < -0.4 is 5.56 Å². The zero-order valence-corrected chi connectivity index (χ0v) is 15.5. The highest BCUT2D eigenvalue weighted by molar-refractivity contribution is 5.85. The summed E-state index contributed by atoms with van der Waals surface area (Å²) in [6.07, 6.45) is 1.47. The number of hydrogen-bond donors (Lipinski definition) is 1. The first kappa shape index (κ1) is 18.2. The lowest BCUT2D eigenvalue weighted by Crippen LogP contribution is -2.22. The largest absolute Gasteiger partial charge is 0.493 e. The van der Waals surface area contributed by atoms with E-state index in [4.69, 9.17) is 4.42 Å². The average Bonchev–Trinajstić information content (AvgIpc) is 3.24. The predicted octanol–water partition coefficient (Wildman–Crippen LogP) is 4.94. The lowest BCUT2D eigenvalue weighted by molar-refractivity contribution is 0.397. The standard InChI is InChI=1S/C22H16N4O3/c1-14-19(12-23)21(27)26(13-18-7-4-10-29-18)22(28)20(14)25-24-17-9-8-15-5-2-3-6-16(15)11-17/h2-11,27H,13H2,1H3. The Morgan fingerprint density at radius 2 is 1.90 bits per heavy atom. The molecule has 0 bridgehead atoms. The second-order valence-corrected chi connectivity index (χ2v) is 6.49. The molecule has 0 amide bonds. The first-order valence-corrected chi connectivity index (χ1v) is 8.88. The van der Waals surface area contributed by atoms with E-state index < -0.39 is 11.4 Å². The Morgan fingerprint density at radius 3 is 2.62 bits per heavy atom. The number of nitrogens with zero attached hydrogens (tertiary/aromatic N) is 4. The number of rotatable bonds is 4. The highest BCUT2D eigenvalue weighted by Gasteiger charge is 2.20. The Hall–Kier alpha value is -4.18. The second-order valence-electron chi connectivity index (χ2n) is 6.49. The van der Waals surface area contributed by atoms with E-state index in [2.05, 4.69) is 10.2 Å². The number of benzene rings is 2. The Kier molecular flexibility index (Phi) is 4.67. The van der Waals surface area contributed by atoms with Gasteiger partial charge in [0.1, 0.15) is 17.4 Å². The van der Waals surface area contributed by atoms with E-state index in [1.54, 1.807) is 25.1 Å². The van der Waals surface area contributed by atoms with E-state index in [9.17, 15) is 15.2 Å². The van der Waals surface area contributed by atoms with Gasteiger partial charge in [-0.3, -0.25) is 9.36 Å². The fourth-order valence-electron chi connectivity index (χ4n) is 3.11. The van der Waals surface area contributed by atoms with Crippen molar-refractivity contribution >= 4 is 22.1 Å². The molecule has 0 spiro atoms. The Bertz CT molecular complexity index is 1330. The third kappa shape index (κ3) is 3.39. The first-order valence-electron chi connectivity index (χ1n) is 8.88. The highest BCUT2D eigenvalue weighted by Crippen LogP contribution is 2.28. The molecule has 0 fully saturated rings. The van der Waals surface area contributed by atoms with Crippen LogP contribution in [0, 0.1) is 18.3 Å². The predicted molar refractivity (Wildman–Crippen MR) is 108 cm³/mol. The van der Waals surface area contributed by atoms with Crippen LogP contribution in [0.25, 0.3) is 10.8 Å². The molecule has 7 heteroatoms. The molecule has 0 atom stereocenters. The molecule has 29 heavy (non-hydrogen) atoms. The quantitative estimate of drug-likeness (QED) is 0.503. The van der Waals surface area contributed by atoms with Crippen LogP contribution in [0.1, 0.15) is 16.9 Å². The SMILES string of the molecule is Cc1c(C#N)c(O)n(Cc2ccco2)c(=O)c1N=Nc1ccc2ccccc2c1. The molecule has 2 heterocycles. The van der Waals surface area contributed by atoms with Crippen molar-refractivity contribution in [1.29, 1.82) is 5.26 Å². The van der Waals surface area contributed by atoms with Gasteiger partial charge < -0.3 is 9.52 Å². The summed E-state index contributed by atoms with van der Waals surface area (Å²) in [6, 6.07) is 18.7. The van der Waals surface area contributed by atoms with E-state index in [1.165, 1.54) is 6.26 Å². The number of pyridine rings is 1. The van der Waals surface area contributed by atoms with Crippen molar-refractivity contribution in [2.45, 2.75) is 13.5 Å². The average molecular weight is 384 g/mol. The van der Waals surface area contributed by atoms with Crippen LogP contribution in [0.5, 0.6) is 5.88 Å². The number of furan rings is 1. The van der Waals surface area contributed by atoms with Gasteiger partial charge in [-0.1, -0.05) is 30.3 Å². The molecular formula is C22H16N4O3. The van der Waals surface area contributed by atoms with E-state index in [1.807, 2.05) is 42.5 Å². The van der Waals surface area contributed by atoms with Crippen LogP contribution in [0.2, 0.25) is 0 Å². The summed E-state index contributed by atoms with van der Waals surface area (Å²) in [5.41, 5.74) is 0.268. The molecule has 1 N–H and O–H groups in total. The van der Waals surface area contributed by atoms with Crippen LogP contribution in [0.3, 0.4) is 0 Å². The maximum atomic E-state index is 12.9. The summed E-state index contributed by atoms with van der Waals surface area (Å²) in [4.78, 5) is 12.9. The molecule has 2 aromatic heterocycles. The molecule has 4 aromatic rings. The van der Waals surface area contributed by atoms with Crippen molar-refractivity contribution in [3.63, 3.8) is 0 Å². The van der Waals surface area contributed by atoms with Gasteiger partial charge in [-0.15, -0.1) is 5.11 Å². The number of hydrogen-bond acceptors (Lipinski definition) is 6. The Balaban J connectivity index is 1.80. The lowest BCUT2D eigenvalue weighted by Gasteiger charge is -2.11. The van der Waals surface area contributed by atoms with Gasteiger partial charge in [-0.05, 0) is 42.0 Å². The summed E-state index contributed by atoms with van der Waals surface area (Å²) >= 11 is 0. The van der Waals surface area contributed by atoms with Gasteiger partial charge in [-0.25, -0.2) is 0 Å². The lowest BCUT2D eigenvalue weighted by atomic mass is 10.1. The minimum Gasteiger partial charge on any atom is -0.493 e. The van der Waals surface area contributed by atoms with Gasteiger partial charge in [0.25, 0.3) is 5.56 Å². The molecule has 4 rings (SSSR count). The van der Waals surface area contributed by atoms with E-state index in [0.29, 0.717) is 11.4 Å². The molecule has 2 aromatic carbocycles. The maximum Gasteiger partial charge on any atom is 0.281 e. The van der Waals surface area contributed by atoms with Crippen molar-refractivity contribution in [3.8, 4) is 11.9 Å². The number of aromatic nitrogens is 1. The van der Waals surface area contributed by atoms with Crippen molar-refractivity contribution in [2.24, 2.45) is 10.2 Å². The summed E-state index contributed by atoms with van der Waals surface area (Å²) in [5.74, 6) is 0.0450. The van der Waals surface area contributed by atoms with Gasteiger partial charge in [0, 0.05) is 5.56 Å². The number of aromatic hydroxyl groups is 1.